The monoisotopic (exact) mass is 155 g/mol. The molecule has 0 saturated carbocycles. The fourth-order valence-electron chi connectivity index (χ4n) is 0.402. The maximum absolute atomic E-state index is 9.99. The second kappa shape index (κ2) is 6.22. The Labute approximate surface area is 75.7 Å². The first-order valence-corrected chi connectivity index (χ1v) is 2.74. The van der Waals surface area contributed by atoms with E-state index in [1.54, 1.807) is 0 Å². The molecule has 0 rings (SSSR count). The van der Waals surface area contributed by atoms with Crippen LogP contribution in [0.25, 0.3) is 0 Å². The number of aliphatic carboxylic acids is 2. The number of carboxylic acids is 2. The van der Waals surface area contributed by atoms with E-state index in [4.69, 9.17) is 15.9 Å². The number of hydrogen-bond donors (Lipinski definition) is 3. The van der Waals surface area contributed by atoms with Crippen LogP contribution in [0.5, 0.6) is 0 Å². The van der Waals surface area contributed by atoms with E-state index in [1.165, 1.54) is 0 Å². The molecular formula is C5H10LiNO4. The molecule has 0 aliphatic carbocycles. The van der Waals surface area contributed by atoms with E-state index in [0.717, 1.165) is 0 Å². The molecule has 0 unspecified atom stereocenters. The molecule has 5 nitrogen and oxygen atoms in total. The summed E-state index contributed by atoms with van der Waals surface area (Å²) in [6.07, 6.45) is -0.224. The first kappa shape index (κ1) is 13.1. The normalized spacial score (nSPS) is 11.4. The van der Waals surface area contributed by atoms with Crippen LogP contribution in [-0.4, -0.2) is 47.1 Å². The van der Waals surface area contributed by atoms with Gasteiger partial charge >= 0.3 is 30.8 Å². The quantitative estimate of drug-likeness (QED) is 0.434. The predicted octanol–water partition coefficient (Wildman–Crippen LogP) is -1.39. The Bertz CT molecular complexity index is 149. The molecule has 0 heterocycles. The molecule has 0 aromatic rings. The second-order valence-corrected chi connectivity index (χ2v) is 1.88. The van der Waals surface area contributed by atoms with Crippen molar-refractivity contribution in [2.45, 2.75) is 18.9 Å². The zero-order valence-electron chi connectivity index (χ0n) is 5.28. The van der Waals surface area contributed by atoms with Crippen molar-refractivity contribution in [3.8, 4) is 0 Å². The molecule has 11 heavy (non-hydrogen) atoms. The van der Waals surface area contributed by atoms with Crippen LogP contribution < -0.4 is 5.73 Å². The molecule has 1 atom stereocenters. The molecule has 0 aliphatic heterocycles. The first-order valence-electron chi connectivity index (χ1n) is 2.74. The molecule has 6 heteroatoms. The van der Waals surface area contributed by atoms with Gasteiger partial charge in [0.2, 0.25) is 0 Å². The van der Waals surface area contributed by atoms with Gasteiger partial charge in [0.1, 0.15) is 6.04 Å². The predicted molar refractivity (Wildman–Crippen MR) is 39.6 cm³/mol. The van der Waals surface area contributed by atoms with E-state index in [9.17, 15) is 9.59 Å². The Kier molecular flexibility index (Phi) is 7.42. The van der Waals surface area contributed by atoms with Crippen molar-refractivity contribution >= 4 is 30.8 Å². The summed E-state index contributed by atoms with van der Waals surface area (Å²) in [4.78, 5) is 19.9. The standard InChI is InChI=1S/C5H9NO4.Li.H/c6-3(5(9)10)1-2-4(7)8;;/h3H,1-2,6H2,(H,7,8)(H,9,10);;/t3-;;/m1../s1. The third-order valence-corrected chi connectivity index (χ3v) is 0.986. The van der Waals surface area contributed by atoms with Crippen LogP contribution in [0.2, 0.25) is 0 Å². The minimum atomic E-state index is -1.17. The van der Waals surface area contributed by atoms with E-state index in [0.29, 0.717) is 0 Å². The number of rotatable bonds is 4. The molecule has 4 N–H and O–H groups in total. The van der Waals surface area contributed by atoms with Crippen LogP contribution >= 0.6 is 0 Å². The van der Waals surface area contributed by atoms with Gasteiger partial charge in [0, 0.05) is 6.42 Å². The summed E-state index contributed by atoms with van der Waals surface area (Å²) in [6, 6.07) is -1.06. The van der Waals surface area contributed by atoms with Gasteiger partial charge in [-0.15, -0.1) is 0 Å². The Morgan fingerprint density at radius 2 is 1.82 bits per heavy atom. The fourth-order valence-corrected chi connectivity index (χ4v) is 0.402. The summed E-state index contributed by atoms with van der Waals surface area (Å²) >= 11 is 0. The molecule has 0 radical (unpaired) electrons. The van der Waals surface area contributed by atoms with Crippen LogP contribution in [0.4, 0.5) is 0 Å². The van der Waals surface area contributed by atoms with Gasteiger partial charge in [-0.25, -0.2) is 0 Å². The molecule has 0 aromatic carbocycles. The minimum absolute atomic E-state index is 0. The summed E-state index contributed by atoms with van der Waals surface area (Å²) in [5.41, 5.74) is 5.00. The molecule has 0 bridgehead atoms. The first-order chi connectivity index (χ1) is 4.54. The molecule has 0 spiro atoms. The van der Waals surface area contributed by atoms with Crippen molar-refractivity contribution in [2.24, 2.45) is 5.73 Å². The third-order valence-electron chi connectivity index (χ3n) is 0.986. The van der Waals surface area contributed by atoms with Crippen molar-refractivity contribution in [3.63, 3.8) is 0 Å². The van der Waals surface area contributed by atoms with E-state index in [-0.39, 0.29) is 31.7 Å². The van der Waals surface area contributed by atoms with E-state index in [1.807, 2.05) is 0 Å². The van der Waals surface area contributed by atoms with E-state index < -0.39 is 18.0 Å². The molecule has 0 aliphatic rings. The molecule has 60 valence electrons. The van der Waals surface area contributed by atoms with E-state index >= 15 is 0 Å². The van der Waals surface area contributed by atoms with Crippen LogP contribution in [0, 0.1) is 0 Å². The number of carboxylic acid groups (broad SMARTS) is 2. The number of carbonyl (C=O) groups is 2. The van der Waals surface area contributed by atoms with Crippen molar-refractivity contribution in [3.05, 3.63) is 0 Å². The second-order valence-electron chi connectivity index (χ2n) is 1.88. The van der Waals surface area contributed by atoms with Gasteiger partial charge in [-0.05, 0) is 6.42 Å². The SMILES string of the molecule is N[C@H](CCC(=O)O)C(=O)O.[LiH]. The topological polar surface area (TPSA) is 101 Å². The maximum atomic E-state index is 9.99. The number of nitrogens with two attached hydrogens (primary N) is 1. The Morgan fingerprint density at radius 1 is 1.36 bits per heavy atom. The number of hydrogen-bond acceptors (Lipinski definition) is 3. The molecular weight excluding hydrogens is 145 g/mol. The average molecular weight is 155 g/mol. The van der Waals surface area contributed by atoms with Crippen molar-refractivity contribution in [1.82, 2.24) is 0 Å². The van der Waals surface area contributed by atoms with Crippen LogP contribution in [-0.2, 0) is 9.59 Å². The molecule has 0 fully saturated rings. The van der Waals surface area contributed by atoms with Crippen LogP contribution in [0.3, 0.4) is 0 Å². The fraction of sp³-hybridized carbons (Fsp3) is 0.600. The third kappa shape index (κ3) is 7.39. The van der Waals surface area contributed by atoms with Crippen molar-refractivity contribution < 1.29 is 19.8 Å². The Balaban J connectivity index is 0. The molecule has 0 amide bonds. The summed E-state index contributed by atoms with van der Waals surface area (Å²) in [7, 11) is 0. The Morgan fingerprint density at radius 3 is 2.09 bits per heavy atom. The molecule has 0 aromatic heterocycles. The zero-order valence-corrected chi connectivity index (χ0v) is 5.28. The van der Waals surface area contributed by atoms with Gasteiger partial charge in [-0.3, -0.25) is 9.59 Å². The van der Waals surface area contributed by atoms with Crippen LogP contribution in [0.15, 0.2) is 0 Å². The van der Waals surface area contributed by atoms with Gasteiger partial charge in [-0.2, -0.15) is 0 Å². The summed E-state index contributed by atoms with van der Waals surface area (Å²) in [5.74, 6) is -2.20. The zero-order chi connectivity index (χ0) is 8.15. The van der Waals surface area contributed by atoms with Gasteiger partial charge in [0.15, 0.2) is 0 Å². The van der Waals surface area contributed by atoms with Crippen molar-refractivity contribution in [1.29, 1.82) is 0 Å². The van der Waals surface area contributed by atoms with Crippen LogP contribution in [0.1, 0.15) is 12.8 Å². The summed E-state index contributed by atoms with van der Waals surface area (Å²) in [6.45, 7) is 0. The summed E-state index contributed by atoms with van der Waals surface area (Å²) < 4.78 is 0. The van der Waals surface area contributed by atoms with Gasteiger partial charge in [0.25, 0.3) is 0 Å². The van der Waals surface area contributed by atoms with Gasteiger partial charge in [0.05, 0.1) is 0 Å². The van der Waals surface area contributed by atoms with Crippen molar-refractivity contribution in [2.75, 3.05) is 0 Å². The van der Waals surface area contributed by atoms with E-state index in [2.05, 4.69) is 0 Å². The van der Waals surface area contributed by atoms with Gasteiger partial charge < -0.3 is 15.9 Å². The van der Waals surface area contributed by atoms with Gasteiger partial charge in [-0.1, -0.05) is 0 Å². The molecule has 0 saturated heterocycles. The Hall–Kier alpha value is -0.503. The summed E-state index contributed by atoms with van der Waals surface area (Å²) in [5, 5.41) is 16.3. The average Bonchev–Trinajstić information content (AvgIpc) is 1.82.